The molecule has 0 aromatic heterocycles. The maximum atomic E-state index is 13.3. The van der Waals surface area contributed by atoms with Crippen LogP contribution in [0.3, 0.4) is 0 Å². The molecule has 2 aromatic rings. The van der Waals surface area contributed by atoms with Gasteiger partial charge in [-0.05, 0) is 29.8 Å². The molecule has 1 aliphatic carbocycles. The first-order valence-electron chi connectivity index (χ1n) is 8.42. The molecule has 1 fully saturated rings. The van der Waals surface area contributed by atoms with E-state index in [1.807, 2.05) is 18.2 Å². The van der Waals surface area contributed by atoms with E-state index in [1.165, 1.54) is 0 Å². The maximum absolute atomic E-state index is 13.3. The first kappa shape index (κ1) is 17.3. The molecule has 138 valence electrons. The number of fused-ring (bicyclic) bond motifs is 1. The van der Waals surface area contributed by atoms with Crippen LogP contribution in [0.15, 0.2) is 53.4 Å². The number of sulfone groups is 1. The maximum Gasteiger partial charge on any atom is 0.231 e. The van der Waals surface area contributed by atoms with Gasteiger partial charge in [0.05, 0.1) is 16.8 Å². The molecule has 2 N–H and O–H groups in total. The summed E-state index contributed by atoms with van der Waals surface area (Å²) in [6.07, 6.45) is 0. The second-order valence-electron chi connectivity index (χ2n) is 6.74. The van der Waals surface area contributed by atoms with Gasteiger partial charge in [-0.25, -0.2) is 8.42 Å². The Morgan fingerprint density at radius 2 is 1.88 bits per heavy atom. The molecular weight excluding hydrogens is 354 g/mol. The molecule has 0 bridgehead atoms. The number of ether oxygens (including phenoxy) is 3. The zero-order chi connectivity index (χ0) is 18.4. The highest BCUT2D eigenvalue weighted by Crippen LogP contribution is 2.64. The number of nitrogens with two attached hydrogens (primary N) is 1. The van der Waals surface area contributed by atoms with E-state index in [1.54, 1.807) is 37.4 Å². The fourth-order valence-electron chi connectivity index (χ4n) is 4.05. The van der Waals surface area contributed by atoms with Gasteiger partial charge in [-0.15, -0.1) is 0 Å². The largest absolute Gasteiger partial charge is 0.454 e. The molecule has 3 atom stereocenters. The number of rotatable bonds is 6. The van der Waals surface area contributed by atoms with Crippen LogP contribution >= 0.6 is 0 Å². The van der Waals surface area contributed by atoms with Crippen molar-refractivity contribution in [3.8, 4) is 11.5 Å². The lowest BCUT2D eigenvalue weighted by atomic mass is 9.99. The third-order valence-electron chi connectivity index (χ3n) is 5.33. The Hall–Kier alpha value is -2.09. The van der Waals surface area contributed by atoms with Gasteiger partial charge in [0.15, 0.2) is 21.3 Å². The van der Waals surface area contributed by atoms with E-state index in [0.29, 0.717) is 16.4 Å². The van der Waals surface area contributed by atoms with Crippen molar-refractivity contribution in [2.75, 3.05) is 27.1 Å². The smallest absolute Gasteiger partial charge is 0.231 e. The fraction of sp³-hybridized carbons (Fsp3) is 0.368. The molecule has 1 aliphatic heterocycles. The number of methoxy groups -OCH3 is 1. The van der Waals surface area contributed by atoms with Crippen LogP contribution in [-0.4, -0.2) is 40.7 Å². The summed E-state index contributed by atoms with van der Waals surface area (Å²) in [5.74, 6) is 1.04. The van der Waals surface area contributed by atoms with E-state index in [2.05, 4.69) is 0 Å². The van der Waals surface area contributed by atoms with Crippen LogP contribution in [0.2, 0.25) is 0 Å². The van der Waals surface area contributed by atoms with E-state index >= 15 is 0 Å². The molecule has 0 spiro atoms. The highest BCUT2D eigenvalue weighted by molar-refractivity contribution is 7.92. The third-order valence-corrected chi connectivity index (χ3v) is 7.67. The Labute approximate surface area is 152 Å². The van der Waals surface area contributed by atoms with E-state index < -0.39 is 20.5 Å². The van der Waals surface area contributed by atoms with Gasteiger partial charge < -0.3 is 19.9 Å². The third kappa shape index (κ3) is 2.50. The van der Waals surface area contributed by atoms with Crippen molar-refractivity contribution in [3.63, 3.8) is 0 Å². The molecule has 1 heterocycles. The van der Waals surface area contributed by atoms with Crippen molar-refractivity contribution >= 4 is 9.84 Å². The molecule has 2 aromatic carbocycles. The standard InChI is InChI=1S/C19H21NO5S/c1-23-11-19(10-20)17(13-7-8-15-16(9-13)25-12-24-15)18(19)26(21,22)14-5-3-2-4-6-14/h2-9,17-18H,10-12,20H2,1H3/t17-,18+,19-/m1/s1. The van der Waals surface area contributed by atoms with Crippen LogP contribution in [0.5, 0.6) is 11.5 Å². The lowest BCUT2D eigenvalue weighted by molar-refractivity contribution is 0.142. The van der Waals surface area contributed by atoms with Crippen molar-refractivity contribution < 1.29 is 22.6 Å². The Morgan fingerprint density at radius 3 is 2.58 bits per heavy atom. The number of benzene rings is 2. The predicted molar refractivity (Wildman–Crippen MR) is 96.1 cm³/mol. The Bertz CT molecular complexity index is 915. The SMILES string of the molecule is COC[C@]1(CN)[C@H](c2ccc3c(c2)OCO3)[C@@H]1S(=O)(=O)c1ccccc1. The molecule has 0 unspecified atom stereocenters. The van der Waals surface area contributed by atoms with Crippen molar-refractivity contribution in [2.45, 2.75) is 16.1 Å². The average molecular weight is 375 g/mol. The molecule has 7 heteroatoms. The lowest BCUT2D eigenvalue weighted by Crippen LogP contribution is -2.28. The van der Waals surface area contributed by atoms with E-state index in [9.17, 15) is 8.42 Å². The Morgan fingerprint density at radius 1 is 1.15 bits per heavy atom. The summed E-state index contributed by atoms with van der Waals surface area (Å²) < 4.78 is 42.8. The first-order valence-corrected chi connectivity index (χ1v) is 9.97. The summed E-state index contributed by atoms with van der Waals surface area (Å²) in [6.45, 7) is 0.672. The van der Waals surface area contributed by atoms with Gasteiger partial charge in [-0.2, -0.15) is 0 Å². The van der Waals surface area contributed by atoms with Crippen LogP contribution in [0.25, 0.3) is 0 Å². The van der Waals surface area contributed by atoms with E-state index in [4.69, 9.17) is 19.9 Å². The second kappa shape index (κ2) is 6.26. The number of hydrogen-bond acceptors (Lipinski definition) is 6. The summed E-state index contributed by atoms with van der Waals surface area (Å²) in [6, 6.07) is 14.1. The quantitative estimate of drug-likeness (QED) is 0.830. The van der Waals surface area contributed by atoms with Crippen LogP contribution in [0.1, 0.15) is 11.5 Å². The van der Waals surface area contributed by atoms with Gasteiger partial charge in [0.1, 0.15) is 0 Å². The van der Waals surface area contributed by atoms with Crippen LogP contribution in [0, 0.1) is 5.41 Å². The van der Waals surface area contributed by atoms with Crippen molar-refractivity contribution in [1.29, 1.82) is 0 Å². The summed E-state index contributed by atoms with van der Waals surface area (Å²) in [7, 11) is -1.98. The van der Waals surface area contributed by atoms with Crippen molar-refractivity contribution in [2.24, 2.45) is 11.1 Å². The summed E-state index contributed by atoms with van der Waals surface area (Å²) in [4.78, 5) is 0.308. The zero-order valence-electron chi connectivity index (χ0n) is 14.4. The van der Waals surface area contributed by atoms with Gasteiger partial charge in [-0.1, -0.05) is 24.3 Å². The van der Waals surface area contributed by atoms with Crippen LogP contribution in [0.4, 0.5) is 0 Å². The molecule has 26 heavy (non-hydrogen) atoms. The van der Waals surface area contributed by atoms with E-state index in [0.717, 1.165) is 5.56 Å². The zero-order valence-corrected chi connectivity index (χ0v) is 15.2. The van der Waals surface area contributed by atoms with Gasteiger partial charge in [-0.3, -0.25) is 0 Å². The molecule has 0 amide bonds. The first-order chi connectivity index (χ1) is 12.5. The second-order valence-corrected chi connectivity index (χ2v) is 8.81. The fourth-order valence-corrected chi connectivity index (χ4v) is 6.52. The minimum atomic E-state index is -3.55. The van der Waals surface area contributed by atoms with Crippen molar-refractivity contribution in [1.82, 2.24) is 0 Å². The van der Waals surface area contributed by atoms with Crippen LogP contribution in [-0.2, 0) is 14.6 Å². The minimum Gasteiger partial charge on any atom is -0.454 e. The molecule has 0 radical (unpaired) electrons. The minimum absolute atomic E-state index is 0.176. The highest BCUT2D eigenvalue weighted by Gasteiger charge is 2.70. The van der Waals surface area contributed by atoms with E-state index in [-0.39, 0.29) is 25.9 Å². The van der Waals surface area contributed by atoms with Gasteiger partial charge in [0, 0.05) is 25.0 Å². The van der Waals surface area contributed by atoms with Crippen molar-refractivity contribution in [3.05, 3.63) is 54.1 Å². The molecule has 0 saturated heterocycles. The monoisotopic (exact) mass is 375 g/mol. The molecular formula is C19H21NO5S. The molecule has 6 nitrogen and oxygen atoms in total. The highest BCUT2D eigenvalue weighted by atomic mass is 32.2. The molecule has 4 rings (SSSR count). The summed E-state index contributed by atoms with van der Waals surface area (Å²) in [5, 5.41) is -0.636. The number of hydrogen-bond donors (Lipinski definition) is 1. The van der Waals surface area contributed by atoms with Gasteiger partial charge >= 0.3 is 0 Å². The Balaban J connectivity index is 1.77. The Kier molecular flexibility index (Phi) is 4.17. The van der Waals surface area contributed by atoms with Gasteiger partial charge in [0.25, 0.3) is 0 Å². The normalized spacial score (nSPS) is 26.7. The van der Waals surface area contributed by atoms with Crippen LogP contribution < -0.4 is 15.2 Å². The lowest BCUT2D eigenvalue weighted by Gasteiger charge is -2.15. The predicted octanol–water partition coefficient (Wildman–Crippen LogP) is 1.95. The molecule has 1 saturated carbocycles. The molecule has 2 aliphatic rings. The average Bonchev–Trinajstić information content (AvgIpc) is 3.10. The van der Waals surface area contributed by atoms with Gasteiger partial charge in [0.2, 0.25) is 6.79 Å². The summed E-state index contributed by atoms with van der Waals surface area (Å²) in [5.41, 5.74) is 6.28. The summed E-state index contributed by atoms with van der Waals surface area (Å²) >= 11 is 0. The topological polar surface area (TPSA) is 87.8 Å².